The van der Waals surface area contributed by atoms with Crippen LogP contribution in [-0.2, 0) is 0 Å². The molecule has 0 saturated carbocycles. The third kappa shape index (κ3) is 4.84. The number of rotatable bonds is 9. The first kappa shape index (κ1) is 17.1. The van der Waals surface area contributed by atoms with E-state index in [4.69, 9.17) is 0 Å². The standard InChI is InChI=1S/C16H26F2N2/c1-4-10-20(11-5-2)12-9-15(19-3)13-7-6-8-14(17)16(13)18/h6-8,15,19H,4-5,9-12H2,1-3H3. The summed E-state index contributed by atoms with van der Waals surface area (Å²) >= 11 is 0. The van der Waals surface area contributed by atoms with Crippen LogP contribution in [0, 0.1) is 11.6 Å². The van der Waals surface area contributed by atoms with Crippen LogP contribution >= 0.6 is 0 Å². The second-order valence-corrected chi connectivity index (χ2v) is 5.11. The number of nitrogens with one attached hydrogen (secondary N) is 1. The highest BCUT2D eigenvalue weighted by Crippen LogP contribution is 2.22. The average molecular weight is 284 g/mol. The second-order valence-electron chi connectivity index (χ2n) is 5.11. The fourth-order valence-electron chi connectivity index (χ4n) is 2.52. The predicted octanol–water partition coefficient (Wildman–Crippen LogP) is 3.74. The predicted molar refractivity (Wildman–Crippen MR) is 79.8 cm³/mol. The fourth-order valence-corrected chi connectivity index (χ4v) is 2.52. The van der Waals surface area contributed by atoms with Gasteiger partial charge in [0.15, 0.2) is 11.6 Å². The van der Waals surface area contributed by atoms with Gasteiger partial charge in [-0.1, -0.05) is 26.0 Å². The first-order valence-electron chi connectivity index (χ1n) is 7.47. The zero-order valence-corrected chi connectivity index (χ0v) is 12.8. The molecule has 0 saturated heterocycles. The SMILES string of the molecule is CCCN(CCC)CCC(NC)c1cccc(F)c1F. The third-order valence-corrected chi connectivity index (χ3v) is 3.52. The van der Waals surface area contributed by atoms with E-state index in [2.05, 4.69) is 24.1 Å². The molecule has 114 valence electrons. The Kier molecular flexibility index (Phi) is 7.70. The van der Waals surface area contributed by atoms with E-state index in [1.165, 1.54) is 0 Å². The highest BCUT2D eigenvalue weighted by Gasteiger charge is 2.17. The van der Waals surface area contributed by atoms with Crippen molar-refractivity contribution < 1.29 is 8.78 Å². The van der Waals surface area contributed by atoms with E-state index >= 15 is 0 Å². The maximum Gasteiger partial charge on any atom is 0.163 e. The summed E-state index contributed by atoms with van der Waals surface area (Å²) in [5.74, 6) is -1.51. The van der Waals surface area contributed by atoms with Crippen molar-refractivity contribution in [3.8, 4) is 0 Å². The van der Waals surface area contributed by atoms with Crippen molar-refractivity contribution in [1.82, 2.24) is 10.2 Å². The van der Waals surface area contributed by atoms with E-state index in [9.17, 15) is 8.78 Å². The van der Waals surface area contributed by atoms with Crippen LogP contribution in [0.5, 0.6) is 0 Å². The van der Waals surface area contributed by atoms with Gasteiger partial charge in [-0.15, -0.1) is 0 Å². The summed E-state index contributed by atoms with van der Waals surface area (Å²) in [7, 11) is 1.79. The van der Waals surface area contributed by atoms with Gasteiger partial charge < -0.3 is 10.2 Å². The molecule has 0 amide bonds. The third-order valence-electron chi connectivity index (χ3n) is 3.52. The Morgan fingerprint density at radius 1 is 1.10 bits per heavy atom. The Bertz CT molecular complexity index is 390. The van der Waals surface area contributed by atoms with Crippen molar-refractivity contribution in [2.24, 2.45) is 0 Å². The highest BCUT2D eigenvalue weighted by molar-refractivity contribution is 5.22. The second kappa shape index (κ2) is 9.03. The Morgan fingerprint density at radius 2 is 1.75 bits per heavy atom. The summed E-state index contributed by atoms with van der Waals surface area (Å²) in [6.45, 7) is 7.31. The van der Waals surface area contributed by atoms with Gasteiger partial charge in [-0.05, 0) is 52.0 Å². The molecule has 2 nitrogen and oxygen atoms in total. The van der Waals surface area contributed by atoms with Crippen LogP contribution in [0.3, 0.4) is 0 Å². The van der Waals surface area contributed by atoms with Crippen LogP contribution in [0.2, 0.25) is 0 Å². The van der Waals surface area contributed by atoms with Gasteiger partial charge in [-0.25, -0.2) is 8.78 Å². The maximum atomic E-state index is 13.8. The van der Waals surface area contributed by atoms with Crippen LogP contribution in [-0.4, -0.2) is 31.6 Å². The summed E-state index contributed by atoms with van der Waals surface area (Å²) < 4.78 is 27.1. The molecule has 0 bridgehead atoms. The van der Waals surface area contributed by atoms with Gasteiger partial charge in [0.1, 0.15) is 0 Å². The Balaban J connectivity index is 2.69. The fraction of sp³-hybridized carbons (Fsp3) is 0.625. The van der Waals surface area contributed by atoms with Crippen LogP contribution in [0.15, 0.2) is 18.2 Å². The minimum atomic E-state index is -0.776. The summed E-state index contributed by atoms with van der Waals surface area (Å²) in [4.78, 5) is 2.38. The lowest BCUT2D eigenvalue weighted by molar-refractivity contribution is 0.258. The van der Waals surface area contributed by atoms with Crippen molar-refractivity contribution in [3.05, 3.63) is 35.4 Å². The van der Waals surface area contributed by atoms with Crippen molar-refractivity contribution in [2.75, 3.05) is 26.7 Å². The molecular formula is C16H26F2N2. The first-order chi connectivity index (χ1) is 9.63. The van der Waals surface area contributed by atoms with Gasteiger partial charge in [-0.2, -0.15) is 0 Å². The van der Waals surface area contributed by atoms with Gasteiger partial charge >= 0.3 is 0 Å². The lowest BCUT2D eigenvalue weighted by Crippen LogP contribution is -2.30. The average Bonchev–Trinajstić information content (AvgIpc) is 2.44. The van der Waals surface area contributed by atoms with E-state index in [0.29, 0.717) is 5.56 Å². The first-order valence-corrected chi connectivity index (χ1v) is 7.47. The lowest BCUT2D eigenvalue weighted by atomic mass is 10.0. The smallest absolute Gasteiger partial charge is 0.163 e. The largest absolute Gasteiger partial charge is 0.313 e. The molecule has 0 spiro atoms. The van der Waals surface area contributed by atoms with Gasteiger partial charge in [0.2, 0.25) is 0 Å². The number of hydrogen-bond donors (Lipinski definition) is 1. The Hall–Kier alpha value is -1.00. The molecule has 1 unspecified atom stereocenters. The minimum absolute atomic E-state index is 0.151. The molecule has 1 aromatic carbocycles. The monoisotopic (exact) mass is 284 g/mol. The maximum absolute atomic E-state index is 13.8. The molecule has 1 aromatic rings. The van der Waals surface area contributed by atoms with Crippen molar-refractivity contribution in [3.63, 3.8) is 0 Å². The molecule has 0 aliphatic heterocycles. The molecule has 20 heavy (non-hydrogen) atoms. The van der Waals surface area contributed by atoms with E-state index in [0.717, 1.165) is 45.0 Å². The van der Waals surface area contributed by atoms with Crippen molar-refractivity contribution in [2.45, 2.75) is 39.2 Å². The van der Waals surface area contributed by atoms with E-state index in [1.54, 1.807) is 19.2 Å². The van der Waals surface area contributed by atoms with Crippen LogP contribution < -0.4 is 5.32 Å². The summed E-state index contributed by atoms with van der Waals surface area (Å²) in [5.41, 5.74) is 0.417. The molecule has 1 N–H and O–H groups in total. The highest BCUT2D eigenvalue weighted by atomic mass is 19.2. The number of hydrogen-bond acceptors (Lipinski definition) is 2. The van der Waals surface area contributed by atoms with Gasteiger partial charge in [0.05, 0.1) is 0 Å². The Morgan fingerprint density at radius 3 is 2.30 bits per heavy atom. The summed E-state index contributed by atoms with van der Waals surface area (Å²) in [6, 6.07) is 4.23. The molecule has 0 fully saturated rings. The van der Waals surface area contributed by atoms with Crippen LogP contribution in [0.25, 0.3) is 0 Å². The van der Waals surface area contributed by atoms with Gasteiger partial charge in [-0.3, -0.25) is 0 Å². The normalized spacial score (nSPS) is 12.9. The lowest BCUT2D eigenvalue weighted by Gasteiger charge is -2.24. The van der Waals surface area contributed by atoms with E-state index in [1.807, 2.05) is 0 Å². The minimum Gasteiger partial charge on any atom is -0.313 e. The zero-order valence-electron chi connectivity index (χ0n) is 12.8. The zero-order chi connectivity index (χ0) is 15.0. The molecule has 1 rings (SSSR count). The molecule has 0 aromatic heterocycles. The summed E-state index contributed by atoms with van der Waals surface area (Å²) in [5, 5.41) is 3.09. The molecule has 1 atom stereocenters. The van der Waals surface area contributed by atoms with Crippen molar-refractivity contribution in [1.29, 1.82) is 0 Å². The number of benzene rings is 1. The quantitative estimate of drug-likeness (QED) is 0.743. The van der Waals surface area contributed by atoms with E-state index in [-0.39, 0.29) is 6.04 Å². The molecule has 0 aliphatic carbocycles. The number of halogens is 2. The van der Waals surface area contributed by atoms with Crippen LogP contribution in [0.4, 0.5) is 8.78 Å². The Labute approximate surface area is 121 Å². The van der Waals surface area contributed by atoms with Gasteiger partial charge in [0, 0.05) is 11.6 Å². The van der Waals surface area contributed by atoms with E-state index < -0.39 is 11.6 Å². The molecule has 0 radical (unpaired) electrons. The molecule has 4 heteroatoms. The topological polar surface area (TPSA) is 15.3 Å². The molecule has 0 aliphatic rings. The summed E-state index contributed by atoms with van der Waals surface area (Å²) in [6.07, 6.45) is 2.99. The van der Waals surface area contributed by atoms with Crippen LogP contribution in [0.1, 0.15) is 44.7 Å². The van der Waals surface area contributed by atoms with Gasteiger partial charge in [0.25, 0.3) is 0 Å². The molecular weight excluding hydrogens is 258 g/mol. The number of nitrogens with zero attached hydrogens (tertiary/aromatic N) is 1. The van der Waals surface area contributed by atoms with Crippen molar-refractivity contribution >= 4 is 0 Å². The molecule has 0 heterocycles.